The Morgan fingerprint density at radius 2 is 1.93 bits per heavy atom. The van der Waals surface area contributed by atoms with Crippen molar-refractivity contribution in [1.29, 1.82) is 0 Å². The van der Waals surface area contributed by atoms with Crippen LogP contribution in [0.4, 0.5) is 0 Å². The van der Waals surface area contributed by atoms with E-state index in [0.717, 1.165) is 17.5 Å². The summed E-state index contributed by atoms with van der Waals surface area (Å²) in [7, 11) is 0. The van der Waals surface area contributed by atoms with Gasteiger partial charge in [0, 0.05) is 5.02 Å². The second kappa shape index (κ2) is 7.94. The van der Waals surface area contributed by atoms with Crippen molar-refractivity contribution in [3.05, 3.63) is 93.0 Å². The Balaban J connectivity index is 1.54. The van der Waals surface area contributed by atoms with Crippen molar-refractivity contribution in [3.8, 4) is 5.88 Å². The Morgan fingerprint density at radius 3 is 2.74 bits per heavy atom. The van der Waals surface area contributed by atoms with Crippen molar-refractivity contribution >= 4 is 11.6 Å². The number of hydrogen-bond donors (Lipinski definition) is 0. The van der Waals surface area contributed by atoms with Crippen molar-refractivity contribution < 1.29 is 9.47 Å². The van der Waals surface area contributed by atoms with Crippen LogP contribution in [0.2, 0.25) is 5.02 Å². The van der Waals surface area contributed by atoms with Gasteiger partial charge in [0.1, 0.15) is 19.0 Å². The molecule has 0 fully saturated rings. The largest absolute Gasteiger partial charge is 0.473 e. The summed E-state index contributed by atoms with van der Waals surface area (Å²) in [6.07, 6.45) is 0.720. The lowest BCUT2D eigenvalue weighted by Crippen LogP contribution is -2.36. The van der Waals surface area contributed by atoms with Gasteiger partial charge in [0.05, 0.1) is 18.7 Å². The fourth-order valence-electron chi connectivity index (χ4n) is 3.26. The van der Waals surface area contributed by atoms with Gasteiger partial charge >= 0.3 is 0 Å². The van der Waals surface area contributed by atoms with Crippen molar-refractivity contribution in [2.45, 2.75) is 25.7 Å². The van der Waals surface area contributed by atoms with Gasteiger partial charge in [0.25, 0.3) is 5.56 Å². The van der Waals surface area contributed by atoms with Gasteiger partial charge < -0.3 is 9.47 Å². The van der Waals surface area contributed by atoms with E-state index in [4.69, 9.17) is 21.1 Å². The van der Waals surface area contributed by atoms with Gasteiger partial charge in [-0.1, -0.05) is 54.1 Å². The molecule has 0 saturated carbocycles. The molecule has 1 aliphatic heterocycles. The number of ether oxygens (including phenoxy) is 2. The maximum atomic E-state index is 12.7. The number of aromatic nitrogens is 2. The van der Waals surface area contributed by atoms with Crippen LogP contribution in [0.1, 0.15) is 23.0 Å². The molecule has 6 heteroatoms. The number of rotatable bonds is 5. The van der Waals surface area contributed by atoms with Crippen LogP contribution in [0, 0.1) is 0 Å². The fourth-order valence-corrected chi connectivity index (χ4v) is 3.48. The van der Waals surface area contributed by atoms with Gasteiger partial charge in [-0.15, -0.1) is 0 Å². The van der Waals surface area contributed by atoms with E-state index in [0.29, 0.717) is 36.5 Å². The summed E-state index contributed by atoms with van der Waals surface area (Å²) in [6.45, 7) is 1.09. The molecular weight excluding hydrogens is 364 g/mol. The van der Waals surface area contributed by atoms with Crippen molar-refractivity contribution in [1.82, 2.24) is 9.55 Å². The van der Waals surface area contributed by atoms with Crippen LogP contribution < -0.4 is 10.3 Å². The lowest BCUT2D eigenvalue weighted by Gasteiger charge is -2.27. The highest BCUT2D eigenvalue weighted by molar-refractivity contribution is 6.30. The second-order valence-corrected chi connectivity index (χ2v) is 6.93. The van der Waals surface area contributed by atoms with Gasteiger partial charge in [-0.25, -0.2) is 0 Å². The first-order chi connectivity index (χ1) is 13.2. The summed E-state index contributed by atoms with van der Waals surface area (Å²) in [4.78, 5) is 17.2. The Kier molecular flexibility index (Phi) is 5.23. The van der Waals surface area contributed by atoms with E-state index in [1.807, 2.05) is 36.4 Å². The zero-order valence-electron chi connectivity index (χ0n) is 14.7. The molecule has 27 heavy (non-hydrogen) atoms. The molecule has 0 spiro atoms. The first-order valence-electron chi connectivity index (χ1n) is 8.80. The molecule has 0 aliphatic carbocycles. The molecule has 1 aliphatic rings. The Hall–Kier alpha value is -2.63. The van der Waals surface area contributed by atoms with E-state index in [2.05, 4.69) is 17.1 Å². The molecule has 0 bridgehead atoms. The molecule has 4 rings (SSSR count). The van der Waals surface area contributed by atoms with E-state index in [-0.39, 0.29) is 11.6 Å². The van der Waals surface area contributed by atoms with E-state index in [1.165, 1.54) is 6.07 Å². The predicted molar refractivity (Wildman–Crippen MR) is 103 cm³/mol. The molecule has 0 amide bonds. The topological polar surface area (TPSA) is 53.3 Å². The highest BCUT2D eigenvalue weighted by atomic mass is 35.5. The third-order valence-electron chi connectivity index (χ3n) is 4.50. The van der Waals surface area contributed by atoms with Gasteiger partial charge in [-0.2, -0.15) is 4.98 Å². The second-order valence-electron chi connectivity index (χ2n) is 6.50. The van der Waals surface area contributed by atoms with Crippen LogP contribution >= 0.6 is 11.6 Å². The fraction of sp³-hybridized carbons (Fsp3) is 0.238. The third-order valence-corrected chi connectivity index (χ3v) is 4.73. The number of nitrogens with zero attached hydrogens (tertiary/aromatic N) is 2. The Bertz CT molecular complexity index is 988. The average Bonchev–Trinajstić information content (AvgIpc) is 2.67. The van der Waals surface area contributed by atoms with Crippen molar-refractivity contribution in [2.24, 2.45) is 0 Å². The zero-order chi connectivity index (χ0) is 18.6. The number of fused-ring (bicyclic) bond motifs is 1. The summed E-state index contributed by atoms with van der Waals surface area (Å²) < 4.78 is 13.1. The minimum absolute atomic E-state index is 0.0712. The first kappa shape index (κ1) is 17.8. The van der Waals surface area contributed by atoms with Gasteiger partial charge in [0.2, 0.25) is 5.88 Å². The molecule has 138 valence electrons. The molecule has 3 aromatic rings. The van der Waals surface area contributed by atoms with E-state index in [1.54, 1.807) is 10.6 Å². The Morgan fingerprint density at radius 1 is 1.11 bits per heavy atom. The van der Waals surface area contributed by atoms with Crippen LogP contribution in [-0.4, -0.2) is 16.2 Å². The van der Waals surface area contributed by atoms with Gasteiger partial charge in [-0.05, 0) is 29.7 Å². The molecule has 2 heterocycles. The van der Waals surface area contributed by atoms with Gasteiger partial charge in [0.15, 0.2) is 0 Å². The van der Waals surface area contributed by atoms with Gasteiger partial charge in [-0.3, -0.25) is 9.36 Å². The molecule has 0 radical (unpaired) electrons. The molecule has 5 nitrogen and oxygen atoms in total. The van der Waals surface area contributed by atoms with E-state index >= 15 is 0 Å². The monoisotopic (exact) mass is 382 g/mol. The Labute approximate surface area is 162 Å². The smallest absolute Gasteiger partial charge is 0.257 e. The van der Waals surface area contributed by atoms with Crippen LogP contribution in [0.3, 0.4) is 0 Å². The quantitative estimate of drug-likeness (QED) is 0.673. The van der Waals surface area contributed by atoms with E-state index in [9.17, 15) is 4.79 Å². The molecule has 1 atom stereocenters. The highest BCUT2D eigenvalue weighted by Gasteiger charge is 2.23. The molecule has 0 unspecified atom stereocenters. The summed E-state index contributed by atoms with van der Waals surface area (Å²) in [5.41, 5.74) is 1.96. The zero-order valence-corrected chi connectivity index (χ0v) is 15.4. The van der Waals surface area contributed by atoms with Crippen molar-refractivity contribution in [2.75, 3.05) is 6.61 Å². The highest BCUT2D eigenvalue weighted by Crippen LogP contribution is 2.21. The number of hydrogen-bond acceptors (Lipinski definition) is 4. The molecule has 0 saturated heterocycles. The molecule has 0 N–H and O–H groups in total. The predicted octanol–water partition coefficient (Wildman–Crippen LogP) is 3.79. The van der Waals surface area contributed by atoms with Crippen LogP contribution in [0.5, 0.6) is 5.88 Å². The lowest BCUT2D eigenvalue weighted by atomic mass is 10.1. The van der Waals surface area contributed by atoms with Crippen LogP contribution in [-0.2, 0) is 24.4 Å². The van der Waals surface area contributed by atoms with Crippen LogP contribution in [0.25, 0.3) is 0 Å². The maximum Gasteiger partial charge on any atom is 0.257 e. The molecule has 1 aromatic heterocycles. The molecule has 2 aromatic carbocycles. The SMILES string of the molecule is O=c1cc(OCc2cccc(Cl)c2)nc2n1[C@@H](Cc1ccccc1)COC2. The maximum absolute atomic E-state index is 12.7. The van der Waals surface area contributed by atoms with Crippen LogP contribution in [0.15, 0.2) is 65.5 Å². The van der Waals surface area contributed by atoms with Crippen molar-refractivity contribution in [3.63, 3.8) is 0 Å². The summed E-state index contributed by atoms with van der Waals surface area (Å²) in [6, 6.07) is 18.8. The summed E-state index contributed by atoms with van der Waals surface area (Å²) >= 11 is 5.99. The lowest BCUT2D eigenvalue weighted by molar-refractivity contribution is 0.0499. The minimum atomic E-state index is -0.120. The molecular formula is C21H19ClN2O3. The number of benzene rings is 2. The first-order valence-corrected chi connectivity index (χ1v) is 9.18. The third kappa shape index (κ3) is 4.21. The normalized spacial score (nSPS) is 16.0. The number of halogens is 1. The minimum Gasteiger partial charge on any atom is -0.473 e. The van der Waals surface area contributed by atoms with E-state index < -0.39 is 0 Å². The summed E-state index contributed by atoms with van der Waals surface area (Å²) in [5.74, 6) is 0.894. The average molecular weight is 383 g/mol. The standard InChI is InChI=1S/C21H19ClN2O3/c22-17-8-4-7-16(9-17)12-27-20-11-21(25)24-18(13-26-14-19(24)23-20)10-15-5-2-1-3-6-15/h1-9,11,18H,10,12-14H2/t18-/m0/s1. The summed E-state index contributed by atoms with van der Waals surface area (Å²) in [5, 5.41) is 0.645.